The number of nitrogens with one attached hydrogen (secondary N) is 1. The number of carbonyl (C=O) groups excluding carboxylic acids is 2. The van der Waals surface area contributed by atoms with Crippen LogP contribution in [-0.2, 0) is 16.5 Å². The van der Waals surface area contributed by atoms with Gasteiger partial charge in [0.25, 0.3) is 0 Å². The zero-order valence-corrected chi connectivity index (χ0v) is 17.2. The summed E-state index contributed by atoms with van der Waals surface area (Å²) in [5, 5.41) is 3.85. The maximum Gasteiger partial charge on any atom is 0.407 e. The highest BCUT2D eigenvalue weighted by Crippen LogP contribution is 2.28. The van der Waals surface area contributed by atoms with Crippen LogP contribution in [0.1, 0.15) is 44.0 Å². The van der Waals surface area contributed by atoms with Crippen LogP contribution in [0.4, 0.5) is 10.5 Å². The van der Waals surface area contributed by atoms with Crippen molar-refractivity contribution in [1.82, 2.24) is 9.88 Å². The van der Waals surface area contributed by atoms with Crippen LogP contribution in [0.5, 0.6) is 0 Å². The van der Waals surface area contributed by atoms with Gasteiger partial charge in [-0.2, -0.15) is 0 Å². The van der Waals surface area contributed by atoms with Crippen LogP contribution in [0.15, 0.2) is 24.4 Å². The van der Waals surface area contributed by atoms with Crippen LogP contribution in [-0.4, -0.2) is 48.5 Å². The summed E-state index contributed by atoms with van der Waals surface area (Å²) in [7, 11) is 3.32. The molecule has 1 aliphatic heterocycles. The van der Waals surface area contributed by atoms with E-state index in [2.05, 4.69) is 16.3 Å². The average molecular weight is 387 g/mol. The number of benzene rings is 1. The molecule has 28 heavy (non-hydrogen) atoms. The Kier molecular flexibility index (Phi) is 5.54. The molecule has 7 nitrogen and oxygen atoms in total. The molecule has 0 spiro atoms. The Morgan fingerprint density at radius 3 is 2.46 bits per heavy atom. The van der Waals surface area contributed by atoms with Gasteiger partial charge >= 0.3 is 12.1 Å². The number of esters is 1. The van der Waals surface area contributed by atoms with Crippen LogP contribution in [0.2, 0.25) is 0 Å². The number of aryl methyl sites for hydroxylation is 1. The van der Waals surface area contributed by atoms with Crippen LogP contribution in [0, 0.1) is 0 Å². The summed E-state index contributed by atoms with van der Waals surface area (Å²) in [6.07, 6.45) is 3.17. The highest BCUT2D eigenvalue weighted by molar-refractivity contribution is 6.05. The van der Waals surface area contributed by atoms with Gasteiger partial charge in [-0.05, 0) is 51.8 Å². The van der Waals surface area contributed by atoms with E-state index in [1.165, 1.54) is 7.11 Å². The summed E-state index contributed by atoms with van der Waals surface area (Å²) in [5.74, 6) is -0.326. The molecule has 0 saturated carbocycles. The first-order chi connectivity index (χ1) is 13.2. The predicted molar refractivity (Wildman–Crippen MR) is 109 cm³/mol. The summed E-state index contributed by atoms with van der Waals surface area (Å²) >= 11 is 0. The number of hydrogen-bond donors (Lipinski definition) is 1. The van der Waals surface area contributed by atoms with E-state index < -0.39 is 5.60 Å². The van der Waals surface area contributed by atoms with Crippen molar-refractivity contribution >= 4 is 28.7 Å². The summed E-state index contributed by atoms with van der Waals surface area (Å²) in [4.78, 5) is 26.2. The van der Waals surface area contributed by atoms with Crippen molar-refractivity contribution in [3.63, 3.8) is 0 Å². The lowest BCUT2D eigenvalue weighted by Gasteiger charge is -2.34. The molecule has 3 rings (SSSR count). The second-order valence-electron chi connectivity index (χ2n) is 8.25. The van der Waals surface area contributed by atoms with Crippen molar-refractivity contribution in [2.24, 2.45) is 7.05 Å². The third-order valence-electron chi connectivity index (χ3n) is 4.96. The van der Waals surface area contributed by atoms with E-state index in [-0.39, 0.29) is 18.1 Å². The normalized spacial score (nSPS) is 15.5. The number of rotatable bonds is 3. The third-order valence-corrected chi connectivity index (χ3v) is 4.96. The van der Waals surface area contributed by atoms with E-state index in [0.29, 0.717) is 5.56 Å². The van der Waals surface area contributed by atoms with Gasteiger partial charge in [0, 0.05) is 43.4 Å². The SMILES string of the molecule is COC(=O)c1cn(C)c2cc(N3CCC(NC(=O)OC(C)(C)C)CC3)ccc12. The predicted octanol–water partition coefficient (Wildman–Crippen LogP) is 3.46. The molecular formula is C21H29N3O4. The fourth-order valence-corrected chi connectivity index (χ4v) is 3.60. The van der Waals surface area contributed by atoms with Crippen molar-refractivity contribution in [2.45, 2.75) is 45.3 Å². The zero-order chi connectivity index (χ0) is 20.5. The van der Waals surface area contributed by atoms with E-state index in [0.717, 1.165) is 42.5 Å². The maximum atomic E-state index is 12.0. The van der Waals surface area contributed by atoms with Gasteiger partial charge in [-0.1, -0.05) is 0 Å². The third kappa shape index (κ3) is 4.40. The van der Waals surface area contributed by atoms with Gasteiger partial charge in [-0.3, -0.25) is 0 Å². The first-order valence-electron chi connectivity index (χ1n) is 9.60. The van der Waals surface area contributed by atoms with E-state index in [1.807, 2.05) is 44.5 Å². The molecule has 2 heterocycles. The van der Waals surface area contributed by atoms with E-state index in [1.54, 1.807) is 6.20 Å². The van der Waals surface area contributed by atoms with Gasteiger partial charge in [-0.15, -0.1) is 0 Å². The topological polar surface area (TPSA) is 72.8 Å². The molecule has 1 saturated heterocycles. The number of anilines is 1. The largest absolute Gasteiger partial charge is 0.465 e. The molecule has 1 aliphatic rings. The van der Waals surface area contributed by atoms with Crippen LogP contribution < -0.4 is 10.2 Å². The van der Waals surface area contributed by atoms with Gasteiger partial charge < -0.3 is 24.3 Å². The van der Waals surface area contributed by atoms with Gasteiger partial charge in [0.15, 0.2) is 0 Å². The lowest BCUT2D eigenvalue weighted by molar-refractivity contribution is 0.0496. The smallest absolute Gasteiger partial charge is 0.407 e. The number of fused-ring (bicyclic) bond motifs is 1. The molecule has 0 aliphatic carbocycles. The summed E-state index contributed by atoms with van der Waals surface area (Å²) < 4.78 is 12.2. The molecule has 1 fully saturated rings. The second kappa shape index (κ2) is 7.73. The van der Waals surface area contributed by atoms with Gasteiger partial charge in [0.2, 0.25) is 0 Å². The molecule has 7 heteroatoms. The Bertz CT molecular complexity index is 874. The van der Waals surface area contributed by atoms with E-state index >= 15 is 0 Å². The molecule has 2 aromatic rings. The van der Waals surface area contributed by atoms with Crippen molar-refractivity contribution in [3.05, 3.63) is 30.0 Å². The number of amides is 1. The molecular weight excluding hydrogens is 358 g/mol. The van der Waals surface area contributed by atoms with Crippen LogP contribution in [0.3, 0.4) is 0 Å². The molecule has 152 valence electrons. The molecule has 1 aromatic heterocycles. The molecule has 1 amide bonds. The molecule has 1 aromatic carbocycles. The molecule has 0 atom stereocenters. The van der Waals surface area contributed by atoms with Gasteiger partial charge in [-0.25, -0.2) is 9.59 Å². The van der Waals surface area contributed by atoms with Crippen LogP contribution in [0.25, 0.3) is 10.9 Å². The lowest BCUT2D eigenvalue weighted by Crippen LogP contribution is -2.46. The fraction of sp³-hybridized carbons (Fsp3) is 0.524. The lowest BCUT2D eigenvalue weighted by atomic mass is 10.0. The molecule has 0 bridgehead atoms. The number of aromatic nitrogens is 1. The van der Waals surface area contributed by atoms with Crippen molar-refractivity contribution in [2.75, 3.05) is 25.1 Å². The highest BCUT2D eigenvalue weighted by Gasteiger charge is 2.24. The minimum Gasteiger partial charge on any atom is -0.465 e. The highest BCUT2D eigenvalue weighted by atomic mass is 16.6. The number of ether oxygens (including phenoxy) is 2. The number of nitrogens with zero attached hydrogens (tertiary/aromatic N) is 2. The number of hydrogen-bond acceptors (Lipinski definition) is 5. The van der Waals surface area contributed by atoms with E-state index in [4.69, 9.17) is 9.47 Å². The van der Waals surface area contributed by atoms with E-state index in [9.17, 15) is 9.59 Å². The summed E-state index contributed by atoms with van der Waals surface area (Å²) in [6, 6.07) is 6.23. The first kappa shape index (κ1) is 20.0. The molecule has 0 unspecified atom stereocenters. The number of alkyl carbamates (subject to hydrolysis) is 1. The Balaban J connectivity index is 1.66. The zero-order valence-electron chi connectivity index (χ0n) is 17.2. The first-order valence-corrected chi connectivity index (χ1v) is 9.60. The quantitative estimate of drug-likeness (QED) is 0.817. The minimum absolute atomic E-state index is 0.121. The summed E-state index contributed by atoms with van der Waals surface area (Å²) in [6.45, 7) is 7.28. The monoisotopic (exact) mass is 387 g/mol. The van der Waals surface area contributed by atoms with Crippen molar-refractivity contribution in [1.29, 1.82) is 0 Å². The average Bonchev–Trinajstić information content (AvgIpc) is 2.96. The van der Waals surface area contributed by atoms with Gasteiger partial charge in [0.1, 0.15) is 5.60 Å². The minimum atomic E-state index is -0.488. The number of carbonyl (C=O) groups is 2. The fourth-order valence-electron chi connectivity index (χ4n) is 3.60. The Labute approximate surface area is 165 Å². The number of methoxy groups -OCH3 is 1. The maximum absolute atomic E-state index is 12.0. The molecule has 1 N–H and O–H groups in total. The van der Waals surface area contributed by atoms with Gasteiger partial charge in [0.05, 0.1) is 18.2 Å². The van der Waals surface area contributed by atoms with Crippen LogP contribution >= 0.6 is 0 Å². The molecule has 0 radical (unpaired) electrons. The number of piperidine rings is 1. The Morgan fingerprint density at radius 1 is 1.18 bits per heavy atom. The standard InChI is InChI=1S/C21H29N3O4/c1-21(2,3)28-20(26)22-14-8-10-24(11-9-14)15-6-7-16-17(19(25)27-5)13-23(4)18(16)12-15/h6-7,12-14H,8-11H2,1-5H3,(H,22,26). The Hall–Kier alpha value is -2.70. The van der Waals surface area contributed by atoms with Crippen molar-refractivity contribution in [3.8, 4) is 0 Å². The van der Waals surface area contributed by atoms with Crippen molar-refractivity contribution < 1.29 is 19.1 Å². The Morgan fingerprint density at radius 2 is 1.86 bits per heavy atom. The summed E-state index contributed by atoms with van der Waals surface area (Å²) in [5.41, 5.74) is 2.19. The second-order valence-corrected chi connectivity index (χ2v) is 8.25.